The lowest BCUT2D eigenvalue weighted by atomic mass is 10.0. The van der Waals surface area contributed by atoms with Crippen molar-refractivity contribution in [1.82, 2.24) is 10.3 Å². The van der Waals surface area contributed by atoms with Crippen LogP contribution in [0, 0.1) is 0 Å². The number of hydrogen-bond donors (Lipinski definition) is 2. The molecule has 0 unspecified atom stereocenters. The van der Waals surface area contributed by atoms with Crippen LogP contribution in [-0.4, -0.2) is 27.8 Å². The maximum atomic E-state index is 11.5. The van der Waals surface area contributed by atoms with Gasteiger partial charge in [0.1, 0.15) is 23.3 Å². The number of aromatic carboxylic acids is 1. The summed E-state index contributed by atoms with van der Waals surface area (Å²) in [6.07, 6.45) is 1.74. The van der Waals surface area contributed by atoms with Crippen molar-refractivity contribution >= 4 is 40.6 Å². The summed E-state index contributed by atoms with van der Waals surface area (Å²) < 4.78 is 11.9. The van der Waals surface area contributed by atoms with E-state index in [1.807, 2.05) is 60.4 Å². The zero-order chi connectivity index (χ0) is 25.2. The van der Waals surface area contributed by atoms with Gasteiger partial charge >= 0.3 is 5.97 Å². The molecule has 1 aliphatic heterocycles. The fourth-order valence-corrected chi connectivity index (χ4v) is 4.85. The van der Waals surface area contributed by atoms with Gasteiger partial charge in [-0.15, -0.1) is 0 Å². The normalized spacial score (nSPS) is 17.2. The van der Waals surface area contributed by atoms with Crippen molar-refractivity contribution in [2.24, 2.45) is 0 Å². The monoisotopic (exact) mass is 519 g/mol. The van der Waals surface area contributed by atoms with Crippen LogP contribution in [0.5, 0.6) is 5.75 Å². The first kappa shape index (κ1) is 23.8. The molecule has 9 heteroatoms. The summed E-state index contributed by atoms with van der Waals surface area (Å²) in [5.74, 6) is 0.813. The SMILES string of the molecule is CCOc1ccc(N2C(=S)N[C@H](c3ccccn3)[C@@H]2c2ccc(-c3cc(C(=O)O)ccc3Cl)o2)cc1. The number of thiocarbonyl (C=S) groups is 1. The highest BCUT2D eigenvalue weighted by atomic mass is 35.5. The number of pyridine rings is 1. The Kier molecular flexibility index (Phi) is 6.63. The molecule has 2 aromatic heterocycles. The van der Waals surface area contributed by atoms with Gasteiger partial charge in [-0.2, -0.15) is 0 Å². The zero-order valence-corrected chi connectivity index (χ0v) is 20.8. The van der Waals surface area contributed by atoms with Gasteiger partial charge in [-0.1, -0.05) is 17.7 Å². The highest BCUT2D eigenvalue weighted by Crippen LogP contribution is 2.43. The van der Waals surface area contributed by atoms with E-state index in [1.165, 1.54) is 12.1 Å². The molecule has 0 amide bonds. The van der Waals surface area contributed by atoms with Gasteiger partial charge in [0.15, 0.2) is 5.11 Å². The Morgan fingerprint density at radius 3 is 2.67 bits per heavy atom. The molecular formula is C27H22ClN3O4S. The van der Waals surface area contributed by atoms with E-state index in [1.54, 1.807) is 18.3 Å². The molecule has 5 rings (SSSR count). The van der Waals surface area contributed by atoms with Gasteiger partial charge in [-0.05, 0) is 85.9 Å². The molecule has 1 fully saturated rings. The lowest BCUT2D eigenvalue weighted by Crippen LogP contribution is -2.29. The average molecular weight is 520 g/mol. The molecule has 36 heavy (non-hydrogen) atoms. The van der Waals surface area contributed by atoms with Crippen LogP contribution < -0.4 is 15.0 Å². The molecule has 1 saturated heterocycles. The van der Waals surface area contributed by atoms with E-state index in [-0.39, 0.29) is 17.6 Å². The van der Waals surface area contributed by atoms with Gasteiger partial charge in [0.25, 0.3) is 0 Å². The molecule has 4 aromatic rings. The minimum atomic E-state index is -1.04. The number of anilines is 1. The van der Waals surface area contributed by atoms with Crippen molar-refractivity contribution in [1.29, 1.82) is 0 Å². The molecule has 1 aliphatic rings. The number of halogens is 1. The second kappa shape index (κ2) is 10.0. The third-order valence-electron chi connectivity index (χ3n) is 5.92. The largest absolute Gasteiger partial charge is 0.494 e. The predicted molar refractivity (Wildman–Crippen MR) is 142 cm³/mol. The number of aromatic nitrogens is 1. The van der Waals surface area contributed by atoms with E-state index in [4.69, 9.17) is 33.0 Å². The Balaban J connectivity index is 1.58. The number of carbonyl (C=O) groups is 1. The van der Waals surface area contributed by atoms with E-state index < -0.39 is 5.97 Å². The zero-order valence-electron chi connectivity index (χ0n) is 19.2. The molecule has 0 spiro atoms. The molecule has 0 aliphatic carbocycles. The van der Waals surface area contributed by atoms with Crippen LogP contribution in [0.1, 0.15) is 40.8 Å². The predicted octanol–water partition coefficient (Wildman–Crippen LogP) is 6.27. The topological polar surface area (TPSA) is 87.8 Å². The molecule has 0 saturated carbocycles. The van der Waals surface area contributed by atoms with Gasteiger partial charge in [0, 0.05) is 17.4 Å². The second-order valence-corrected chi connectivity index (χ2v) is 8.92. The summed E-state index contributed by atoms with van der Waals surface area (Å²) in [4.78, 5) is 18.0. The quantitative estimate of drug-likeness (QED) is 0.276. The van der Waals surface area contributed by atoms with Crippen molar-refractivity contribution in [2.75, 3.05) is 11.5 Å². The van der Waals surface area contributed by atoms with E-state index in [0.29, 0.717) is 33.8 Å². The first-order valence-corrected chi connectivity index (χ1v) is 12.1. The molecule has 182 valence electrons. The maximum absolute atomic E-state index is 11.5. The van der Waals surface area contributed by atoms with E-state index in [9.17, 15) is 9.90 Å². The Labute approximate surface area is 218 Å². The van der Waals surface area contributed by atoms with E-state index in [2.05, 4.69) is 10.3 Å². The summed E-state index contributed by atoms with van der Waals surface area (Å²) in [6, 6.07) is 20.9. The van der Waals surface area contributed by atoms with Crippen LogP contribution in [0.2, 0.25) is 5.02 Å². The van der Waals surface area contributed by atoms with E-state index >= 15 is 0 Å². The molecule has 3 heterocycles. The van der Waals surface area contributed by atoms with Crippen molar-refractivity contribution in [3.05, 3.63) is 101 Å². The van der Waals surface area contributed by atoms with E-state index in [0.717, 1.165) is 17.1 Å². The number of benzene rings is 2. The van der Waals surface area contributed by atoms with Crippen molar-refractivity contribution in [2.45, 2.75) is 19.0 Å². The smallest absolute Gasteiger partial charge is 0.335 e. The standard InChI is InChI=1S/C27H22ClN3O4S/c1-2-34-18-9-7-17(8-10-18)31-25(24(30-27(31)36)21-5-3-4-14-29-21)23-13-12-22(35-23)19-15-16(26(32)33)6-11-20(19)28/h3-15,24-25H,2H2,1H3,(H,30,36)(H,32,33)/t24-,25+/m1/s1. The Morgan fingerprint density at radius 2 is 1.97 bits per heavy atom. The van der Waals surface area contributed by atoms with Crippen LogP contribution in [0.3, 0.4) is 0 Å². The summed E-state index contributed by atoms with van der Waals surface area (Å²) >= 11 is 12.2. The average Bonchev–Trinajstić information content (AvgIpc) is 3.50. The van der Waals surface area contributed by atoms with Gasteiger partial charge in [0.05, 0.1) is 28.9 Å². The number of ether oxygens (including phenoxy) is 1. The Bertz CT molecular complexity index is 1410. The molecule has 2 atom stereocenters. The Morgan fingerprint density at radius 1 is 1.17 bits per heavy atom. The third-order valence-corrected chi connectivity index (χ3v) is 6.57. The third kappa shape index (κ3) is 4.53. The molecule has 2 aromatic carbocycles. The van der Waals surface area contributed by atoms with Crippen LogP contribution in [0.25, 0.3) is 11.3 Å². The number of nitrogens with zero attached hydrogens (tertiary/aromatic N) is 2. The minimum Gasteiger partial charge on any atom is -0.494 e. The summed E-state index contributed by atoms with van der Waals surface area (Å²) in [6.45, 7) is 2.52. The number of rotatable bonds is 7. The van der Waals surface area contributed by atoms with Gasteiger partial charge in [0.2, 0.25) is 0 Å². The summed E-state index contributed by atoms with van der Waals surface area (Å²) in [5.41, 5.74) is 2.29. The van der Waals surface area contributed by atoms with Crippen molar-refractivity contribution in [3.8, 4) is 17.1 Å². The number of hydrogen-bond acceptors (Lipinski definition) is 5. The molecular weight excluding hydrogens is 498 g/mol. The van der Waals surface area contributed by atoms with Crippen molar-refractivity contribution in [3.63, 3.8) is 0 Å². The molecule has 0 radical (unpaired) electrons. The van der Waals surface area contributed by atoms with Crippen LogP contribution in [-0.2, 0) is 0 Å². The van der Waals surface area contributed by atoms with Gasteiger partial charge in [-0.25, -0.2) is 4.79 Å². The number of nitrogens with one attached hydrogen (secondary N) is 1. The summed E-state index contributed by atoms with van der Waals surface area (Å²) in [7, 11) is 0. The first-order valence-electron chi connectivity index (χ1n) is 11.3. The Hall–Kier alpha value is -3.88. The lowest BCUT2D eigenvalue weighted by molar-refractivity contribution is 0.0697. The minimum absolute atomic E-state index is 0.124. The number of carboxylic acids is 1. The lowest BCUT2D eigenvalue weighted by Gasteiger charge is -2.26. The highest BCUT2D eigenvalue weighted by Gasteiger charge is 2.42. The number of carboxylic acid groups (broad SMARTS) is 1. The molecule has 7 nitrogen and oxygen atoms in total. The number of furan rings is 1. The maximum Gasteiger partial charge on any atom is 0.335 e. The van der Waals surface area contributed by atoms with Crippen LogP contribution in [0.15, 0.2) is 83.4 Å². The fourth-order valence-electron chi connectivity index (χ4n) is 4.30. The summed E-state index contributed by atoms with van der Waals surface area (Å²) in [5, 5.41) is 13.7. The fraction of sp³-hybridized carbons (Fsp3) is 0.148. The van der Waals surface area contributed by atoms with Crippen LogP contribution in [0.4, 0.5) is 5.69 Å². The van der Waals surface area contributed by atoms with Gasteiger partial charge in [-0.3, -0.25) is 4.98 Å². The van der Waals surface area contributed by atoms with Gasteiger partial charge < -0.3 is 24.5 Å². The molecule has 2 N–H and O–H groups in total. The van der Waals surface area contributed by atoms with Crippen LogP contribution >= 0.6 is 23.8 Å². The van der Waals surface area contributed by atoms with Crippen molar-refractivity contribution < 1.29 is 19.1 Å². The molecule has 0 bridgehead atoms. The first-order chi connectivity index (χ1) is 17.5. The second-order valence-electron chi connectivity index (χ2n) is 8.13. The highest BCUT2D eigenvalue weighted by molar-refractivity contribution is 7.80.